The standard InChI is InChI=1S/C11H5Cl3F3N/c12-7-4-8(11(15,16)17)18-9-5(7)2-1-3-6(9)10(13)14/h1-4,10H. The van der Waals surface area contributed by atoms with Crippen molar-refractivity contribution >= 4 is 45.7 Å². The Balaban J connectivity index is 2.81. The van der Waals surface area contributed by atoms with Gasteiger partial charge >= 0.3 is 6.18 Å². The largest absolute Gasteiger partial charge is 0.433 e. The highest BCUT2D eigenvalue weighted by atomic mass is 35.5. The maximum atomic E-state index is 12.6. The van der Waals surface area contributed by atoms with Crippen molar-refractivity contribution < 1.29 is 13.2 Å². The Kier molecular flexibility index (Phi) is 3.63. The van der Waals surface area contributed by atoms with Gasteiger partial charge in [0, 0.05) is 10.9 Å². The Hall–Kier alpha value is -0.710. The highest BCUT2D eigenvalue weighted by molar-refractivity contribution is 6.44. The minimum Gasteiger partial charge on any atom is -0.243 e. The third-order valence-corrected chi connectivity index (χ3v) is 3.13. The summed E-state index contributed by atoms with van der Waals surface area (Å²) in [5, 5.41) is 0.344. The van der Waals surface area contributed by atoms with Crippen LogP contribution in [0.1, 0.15) is 16.1 Å². The molecular weight excluding hydrogens is 309 g/mol. The summed E-state index contributed by atoms with van der Waals surface area (Å²) in [5.74, 6) is 0. The number of fused-ring (bicyclic) bond motifs is 1. The average Bonchev–Trinajstić information content (AvgIpc) is 2.26. The van der Waals surface area contributed by atoms with Gasteiger partial charge in [0.25, 0.3) is 0 Å². The van der Waals surface area contributed by atoms with Gasteiger partial charge < -0.3 is 0 Å². The molecule has 0 aliphatic rings. The van der Waals surface area contributed by atoms with Crippen LogP contribution >= 0.6 is 34.8 Å². The average molecular weight is 315 g/mol. The summed E-state index contributed by atoms with van der Waals surface area (Å²) >= 11 is 17.2. The van der Waals surface area contributed by atoms with E-state index in [1.54, 1.807) is 12.1 Å². The minimum absolute atomic E-state index is 0.0387. The van der Waals surface area contributed by atoms with E-state index in [2.05, 4.69) is 4.98 Å². The summed E-state index contributed by atoms with van der Waals surface area (Å²) < 4.78 is 37.9. The molecule has 0 saturated carbocycles. The second-order valence-corrected chi connectivity index (χ2v) is 5.03. The number of pyridine rings is 1. The van der Waals surface area contributed by atoms with E-state index < -0.39 is 16.7 Å². The molecule has 18 heavy (non-hydrogen) atoms. The molecule has 96 valence electrons. The lowest BCUT2D eigenvalue weighted by Crippen LogP contribution is -2.08. The number of rotatable bonds is 1. The summed E-state index contributed by atoms with van der Waals surface area (Å²) in [5.41, 5.74) is -0.711. The molecule has 0 saturated heterocycles. The number of nitrogens with zero attached hydrogens (tertiary/aromatic N) is 1. The van der Waals surface area contributed by atoms with Crippen LogP contribution in [0, 0.1) is 0 Å². The minimum atomic E-state index is -4.57. The molecule has 0 atom stereocenters. The van der Waals surface area contributed by atoms with Gasteiger partial charge in [0.2, 0.25) is 0 Å². The fourth-order valence-corrected chi connectivity index (χ4v) is 2.16. The molecule has 1 aromatic heterocycles. The molecule has 0 aliphatic heterocycles. The second kappa shape index (κ2) is 4.76. The molecule has 7 heteroatoms. The van der Waals surface area contributed by atoms with Gasteiger partial charge in [0.1, 0.15) is 10.5 Å². The van der Waals surface area contributed by atoms with Gasteiger partial charge in [-0.3, -0.25) is 0 Å². The van der Waals surface area contributed by atoms with Crippen molar-refractivity contribution in [2.24, 2.45) is 0 Å². The third kappa shape index (κ3) is 2.51. The first-order chi connectivity index (χ1) is 8.30. The van der Waals surface area contributed by atoms with Crippen molar-refractivity contribution in [3.63, 3.8) is 0 Å². The first kappa shape index (κ1) is 13.7. The second-order valence-electron chi connectivity index (χ2n) is 3.53. The Morgan fingerprint density at radius 3 is 2.39 bits per heavy atom. The molecule has 0 radical (unpaired) electrons. The molecule has 0 bridgehead atoms. The number of aromatic nitrogens is 1. The van der Waals surface area contributed by atoms with Crippen molar-refractivity contribution in [2.75, 3.05) is 0 Å². The normalized spacial score (nSPS) is 12.4. The van der Waals surface area contributed by atoms with Gasteiger partial charge in [-0.25, -0.2) is 4.98 Å². The van der Waals surface area contributed by atoms with E-state index >= 15 is 0 Å². The summed E-state index contributed by atoms with van der Waals surface area (Å²) in [6.45, 7) is 0. The fourth-order valence-electron chi connectivity index (χ4n) is 1.55. The monoisotopic (exact) mass is 313 g/mol. The van der Waals surface area contributed by atoms with Crippen LogP contribution in [-0.2, 0) is 6.18 Å². The highest BCUT2D eigenvalue weighted by Gasteiger charge is 2.33. The SMILES string of the molecule is FC(F)(F)c1cc(Cl)c2cccc(C(Cl)Cl)c2n1. The summed E-state index contributed by atoms with van der Waals surface area (Å²) in [6.07, 6.45) is -4.57. The number of hydrogen-bond donors (Lipinski definition) is 0. The van der Waals surface area contributed by atoms with Gasteiger partial charge in [-0.1, -0.05) is 53.0 Å². The van der Waals surface area contributed by atoms with Crippen LogP contribution in [0.4, 0.5) is 13.2 Å². The van der Waals surface area contributed by atoms with E-state index in [0.29, 0.717) is 10.9 Å². The summed E-state index contributed by atoms with van der Waals surface area (Å²) in [4.78, 5) is 2.58. The van der Waals surface area contributed by atoms with E-state index in [9.17, 15) is 13.2 Å². The molecule has 2 aromatic rings. The van der Waals surface area contributed by atoms with Gasteiger partial charge in [-0.05, 0) is 6.07 Å². The predicted molar refractivity (Wildman–Crippen MR) is 66.2 cm³/mol. The van der Waals surface area contributed by atoms with E-state index in [4.69, 9.17) is 34.8 Å². The molecule has 0 N–H and O–H groups in total. The molecular formula is C11H5Cl3F3N. The van der Waals surface area contributed by atoms with Gasteiger partial charge in [-0.15, -0.1) is 0 Å². The molecule has 0 unspecified atom stereocenters. The summed E-state index contributed by atoms with van der Waals surface area (Å²) in [7, 11) is 0. The number of alkyl halides is 5. The highest BCUT2D eigenvalue weighted by Crippen LogP contribution is 2.36. The van der Waals surface area contributed by atoms with E-state index in [1.165, 1.54) is 6.07 Å². The van der Waals surface area contributed by atoms with Crippen LogP contribution < -0.4 is 0 Å². The first-order valence-electron chi connectivity index (χ1n) is 4.75. The van der Waals surface area contributed by atoms with Crippen molar-refractivity contribution in [2.45, 2.75) is 11.0 Å². The Labute approximate surface area is 115 Å². The zero-order chi connectivity index (χ0) is 13.5. The number of benzene rings is 1. The molecule has 1 aromatic carbocycles. The van der Waals surface area contributed by atoms with Crippen molar-refractivity contribution in [1.29, 1.82) is 0 Å². The van der Waals surface area contributed by atoms with E-state index in [-0.39, 0.29) is 10.5 Å². The Morgan fingerprint density at radius 1 is 1.17 bits per heavy atom. The van der Waals surface area contributed by atoms with Crippen LogP contribution in [0.15, 0.2) is 24.3 Å². The molecule has 0 aliphatic carbocycles. The Morgan fingerprint density at radius 2 is 1.83 bits per heavy atom. The Bertz CT molecular complexity index is 596. The quantitative estimate of drug-likeness (QED) is 0.644. The van der Waals surface area contributed by atoms with Gasteiger partial charge in [0.15, 0.2) is 0 Å². The van der Waals surface area contributed by atoms with Crippen LogP contribution in [0.25, 0.3) is 10.9 Å². The third-order valence-electron chi connectivity index (χ3n) is 2.35. The van der Waals surface area contributed by atoms with Gasteiger partial charge in [-0.2, -0.15) is 13.2 Å². The molecule has 1 nitrogen and oxygen atoms in total. The van der Waals surface area contributed by atoms with E-state index in [1.807, 2.05) is 0 Å². The molecule has 0 amide bonds. The van der Waals surface area contributed by atoms with Crippen molar-refractivity contribution in [1.82, 2.24) is 4.98 Å². The number of para-hydroxylation sites is 1. The molecule has 2 rings (SSSR count). The molecule has 0 spiro atoms. The van der Waals surface area contributed by atoms with Crippen LogP contribution in [-0.4, -0.2) is 4.98 Å². The van der Waals surface area contributed by atoms with Crippen LogP contribution in [0.5, 0.6) is 0 Å². The van der Waals surface area contributed by atoms with Crippen molar-refractivity contribution in [3.8, 4) is 0 Å². The summed E-state index contributed by atoms with van der Waals surface area (Å²) in [6, 6.07) is 5.46. The topological polar surface area (TPSA) is 12.9 Å². The maximum Gasteiger partial charge on any atom is 0.433 e. The smallest absolute Gasteiger partial charge is 0.243 e. The van der Waals surface area contributed by atoms with Crippen molar-refractivity contribution in [3.05, 3.63) is 40.5 Å². The molecule has 0 fully saturated rings. The predicted octanol–water partition coefficient (Wildman–Crippen LogP) is 5.38. The zero-order valence-electron chi connectivity index (χ0n) is 8.60. The van der Waals surface area contributed by atoms with Crippen LogP contribution in [0.2, 0.25) is 5.02 Å². The fraction of sp³-hybridized carbons (Fsp3) is 0.182. The maximum absolute atomic E-state index is 12.6. The lowest BCUT2D eigenvalue weighted by atomic mass is 10.1. The van der Waals surface area contributed by atoms with E-state index in [0.717, 1.165) is 6.07 Å². The lowest BCUT2D eigenvalue weighted by Gasteiger charge is -2.11. The van der Waals surface area contributed by atoms with Crippen LogP contribution in [0.3, 0.4) is 0 Å². The lowest BCUT2D eigenvalue weighted by molar-refractivity contribution is -0.140. The van der Waals surface area contributed by atoms with Gasteiger partial charge in [0.05, 0.1) is 10.5 Å². The molecule has 1 heterocycles. The number of hydrogen-bond acceptors (Lipinski definition) is 1. The zero-order valence-corrected chi connectivity index (χ0v) is 10.9. The first-order valence-corrected chi connectivity index (χ1v) is 6.00. The number of halogens is 6.